The Kier molecular flexibility index (Phi) is 4.12. The Hall–Kier alpha value is -0.410. The smallest absolute Gasteiger partial charge is 0.126 e. The molecule has 1 nitrogen and oxygen atoms in total. The van der Waals surface area contributed by atoms with Crippen LogP contribution in [0, 0.1) is 17.2 Å². The zero-order chi connectivity index (χ0) is 13.3. The monoisotopic (exact) mass is 313 g/mol. The van der Waals surface area contributed by atoms with Crippen molar-refractivity contribution < 1.29 is 4.39 Å². The first kappa shape index (κ1) is 14.0. The summed E-state index contributed by atoms with van der Waals surface area (Å²) < 4.78 is 14.7. The van der Waals surface area contributed by atoms with Crippen molar-refractivity contribution in [1.29, 1.82) is 0 Å². The molecule has 0 saturated heterocycles. The van der Waals surface area contributed by atoms with E-state index < -0.39 is 0 Å². The van der Waals surface area contributed by atoms with Crippen LogP contribution >= 0.6 is 15.9 Å². The molecule has 2 unspecified atom stereocenters. The number of hydrogen-bond acceptors (Lipinski definition) is 1. The Labute approximate surface area is 117 Å². The Morgan fingerprint density at radius 1 is 1.44 bits per heavy atom. The van der Waals surface area contributed by atoms with Crippen LogP contribution in [0.25, 0.3) is 0 Å². The summed E-state index contributed by atoms with van der Waals surface area (Å²) in [5, 5.41) is 0. The van der Waals surface area contributed by atoms with Crippen molar-refractivity contribution in [1.82, 2.24) is 0 Å². The zero-order valence-electron chi connectivity index (χ0n) is 11.0. The standard InChI is InChI=1S/C15H21BrFN/c1-15(2)6-5-14(18)11(9-15)7-10-8-12(16)3-4-13(10)17/h3-4,8,11,14H,5-7,9,18H2,1-2H3. The maximum Gasteiger partial charge on any atom is 0.126 e. The van der Waals surface area contributed by atoms with E-state index in [9.17, 15) is 4.39 Å². The molecule has 0 spiro atoms. The first-order valence-electron chi connectivity index (χ1n) is 6.57. The van der Waals surface area contributed by atoms with E-state index >= 15 is 0 Å². The summed E-state index contributed by atoms with van der Waals surface area (Å²) >= 11 is 3.40. The summed E-state index contributed by atoms with van der Waals surface area (Å²) in [4.78, 5) is 0. The van der Waals surface area contributed by atoms with E-state index in [1.165, 1.54) is 12.5 Å². The number of nitrogens with two attached hydrogens (primary N) is 1. The minimum Gasteiger partial charge on any atom is -0.327 e. The van der Waals surface area contributed by atoms with E-state index in [2.05, 4.69) is 29.8 Å². The lowest BCUT2D eigenvalue weighted by molar-refractivity contribution is 0.156. The van der Waals surface area contributed by atoms with Gasteiger partial charge in [-0.05, 0) is 60.8 Å². The van der Waals surface area contributed by atoms with Gasteiger partial charge >= 0.3 is 0 Å². The summed E-state index contributed by atoms with van der Waals surface area (Å²) in [5.74, 6) is 0.270. The second kappa shape index (κ2) is 5.30. The molecule has 0 amide bonds. The Morgan fingerprint density at radius 3 is 2.89 bits per heavy atom. The number of halogens is 2. The maximum absolute atomic E-state index is 13.8. The van der Waals surface area contributed by atoms with Crippen LogP contribution in [0.15, 0.2) is 22.7 Å². The molecule has 0 aliphatic heterocycles. The lowest BCUT2D eigenvalue weighted by atomic mass is 9.68. The van der Waals surface area contributed by atoms with E-state index in [1.54, 1.807) is 6.07 Å². The van der Waals surface area contributed by atoms with Crippen molar-refractivity contribution in [3.8, 4) is 0 Å². The van der Waals surface area contributed by atoms with Crippen molar-refractivity contribution in [2.75, 3.05) is 0 Å². The highest BCUT2D eigenvalue weighted by atomic mass is 79.9. The minimum absolute atomic E-state index is 0.117. The van der Waals surface area contributed by atoms with E-state index in [0.717, 1.165) is 29.3 Å². The molecule has 1 aromatic rings. The molecule has 18 heavy (non-hydrogen) atoms. The molecule has 2 rings (SSSR count). The largest absolute Gasteiger partial charge is 0.327 e. The molecule has 2 N–H and O–H groups in total. The number of rotatable bonds is 2. The molecule has 100 valence electrons. The Bertz CT molecular complexity index is 431. The molecular formula is C15H21BrFN. The van der Waals surface area contributed by atoms with E-state index in [-0.39, 0.29) is 11.9 Å². The SMILES string of the molecule is CC1(C)CCC(N)C(Cc2cc(Br)ccc2F)C1. The molecule has 1 saturated carbocycles. The molecular weight excluding hydrogens is 293 g/mol. The van der Waals surface area contributed by atoms with Gasteiger partial charge in [0.05, 0.1) is 0 Å². The first-order valence-corrected chi connectivity index (χ1v) is 7.36. The van der Waals surface area contributed by atoms with Crippen LogP contribution in [0.5, 0.6) is 0 Å². The van der Waals surface area contributed by atoms with Gasteiger partial charge in [-0.1, -0.05) is 29.8 Å². The normalized spacial score (nSPS) is 27.2. The fraction of sp³-hybridized carbons (Fsp3) is 0.600. The molecule has 1 aliphatic carbocycles. The van der Waals surface area contributed by atoms with Crippen LogP contribution in [0.1, 0.15) is 38.7 Å². The fourth-order valence-corrected chi connectivity index (χ4v) is 3.37. The van der Waals surface area contributed by atoms with Crippen LogP contribution in [-0.2, 0) is 6.42 Å². The highest BCUT2D eigenvalue weighted by Crippen LogP contribution is 2.39. The summed E-state index contributed by atoms with van der Waals surface area (Å²) in [6.07, 6.45) is 4.05. The van der Waals surface area contributed by atoms with Gasteiger partial charge in [0.2, 0.25) is 0 Å². The van der Waals surface area contributed by atoms with Crippen molar-refractivity contribution in [3.05, 3.63) is 34.1 Å². The molecule has 2 atom stereocenters. The fourth-order valence-electron chi connectivity index (χ4n) is 2.96. The third-order valence-electron chi connectivity index (χ3n) is 4.06. The van der Waals surface area contributed by atoms with Gasteiger partial charge in [-0.25, -0.2) is 4.39 Å². The summed E-state index contributed by atoms with van der Waals surface area (Å²) in [6.45, 7) is 4.56. The topological polar surface area (TPSA) is 26.0 Å². The third-order valence-corrected chi connectivity index (χ3v) is 4.56. The zero-order valence-corrected chi connectivity index (χ0v) is 12.6. The molecule has 1 aliphatic rings. The predicted octanol–water partition coefficient (Wildman–Crippen LogP) is 4.28. The lowest BCUT2D eigenvalue weighted by Gasteiger charge is -2.39. The minimum atomic E-state index is -0.117. The van der Waals surface area contributed by atoms with Gasteiger partial charge in [0.1, 0.15) is 5.82 Å². The van der Waals surface area contributed by atoms with E-state index in [0.29, 0.717) is 11.3 Å². The summed E-state index contributed by atoms with van der Waals surface area (Å²) in [7, 11) is 0. The molecule has 0 bridgehead atoms. The number of hydrogen-bond donors (Lipinski definition) is 1. The molecule has 3 heteroatoms. The van der Waals surface area contributed by atoms with Crippen molar-refractivity contribution in [2.24, 2.45) is 17.1 Å². The molecule has 0 heterocycles. The van der Waals surface area contributed by atoms with Crippen molar-refractivity contribution in [2.45, 2.75) is 45.6 Å². The van der Waals surface area contributed by atoms with E-state index in [1.807, 2.05) is 6.07 Å². The van der Waals surface area contributed by atoms with Gasteiger partial charge in [-0.3, -0.25) is 0 Å². The molecule has 0 aromatic heterocycles. The van der Waals surface area contributed by atoms with Gasteiger partial charge in [-0.15, -0.1) is 0 Å². The highest BCUT2D eigenvalue weighted by molar-refractivity contribution is 9.10. The van der Waals surface area contributed by atoms with Crippen molar-refractivity contribution >= 4 is 15.9 Å². The van der Waals surface area contributed by atoms with Crippen LogP contribution in [0.4, 0.5) is 4.39 Å². The Morgan fingerprint density at radius 2 is 2.17 bits per heavy atom. The van der Waals surface area contributed by atoms with Gasteiger partial charge in [0.15, 0.2) is 0 Å². The lowest BCUT2D eigenvalue weighted by Crippen LogP contribution is -2.40. The predicted molar refractivity (Wildman–Crippen MR) is 76.9 cm³/mol. The van der Waals surface area contributed by atoms with Gasteiger partial charge in [-0.2, -0.15) is 0 Å². The van der Waals surface area contributed by atoms with E-state index in [4.69, 9.17) is 5.73 Å². The highest BCUT2D eigenvalue weighted by Gasteiger charge is 2.33. The first-order chi connectivity index (χ1) is 8.37. The third kappa shape index (κ3) is 3.33. The van der Waals surface area contributed by atoms with Crippen LogP contribution in [0.3, 0.4) is 0 Å². The summed E-state index contributed by atoms with van der Waals surface area (Å²) in [6, 6.07) is 5.35. The molecule has 1 aromatic carbocycles. The Balaban J connectivity index is 2.14. The maximum atomic E-state index is 13.8. The summed E-state index contributed by atoms with van der Waals surface area (Å²) in [5.41, 5.74) is 7.32. The van der Waals surface area contributed by atoms with Crippen molar-refractivity contribution in [3.63, 3.8) is 0 Å². The molecule has 0 radical (unpaired) electrons. The quantitative estimate of drug-likeness (QED) is 0.866. The van der Waals surface area contributed by atoms with Crippen LogP contribution in [0.2, 0.25) is 0 Å². The van der Waals surface area contributed by atoms with Gasteiger partial charge in [0.25, 0.3) is 0 Å². The van der Waals surface area contributed by atoms with Gasteiger partial charge in [0, 0.05) is 10.5 Å². The van der Waals surface area contributed by atoms with Crippen LogP contribution < -0.4 is 5.73 Å². The average molecular weight is 314 g/mol. The molecule has 1 fully saturated rings. The van der Waals surface area contributed by atoms with Crippen LogP contribution in [-0.4, -0.2) is 6.04 Å². The second-order valence-electron chi connectivity index (χ2n) is 6.27. The second-order valence-corrected chi connectivity index (χ2v) is 7.19. The number of benzene rings is 1. The van der Waals surface area contributed by atoms with Gasteiger partial charge < -0.3 is 5.73 Å². The average Bonchev–Trinajstić information content (AvgIpc) is 2.28.